The lowest BCUT2D eigenvalue weighted by Crippen LogP contribution is -2.17. The van der Waals surface area contributed by atoms with Gasteiger partial charge in [0.1, 0.15) is 11.6 Å². The molecule has 1 unspecified atom stereocenters. The summed E-state index contributed by atoms with van der Waals surface area (Å²) in [7, 11) is 1.62. The Morgan fingerprint density at radius 2 is 1.95 bits per heavy atom. The number of benzene rings is 1. The number of aromatic nitrogens is 2. The molecule has 0 saturated heterocycles. The van der Waals surface area contributed by atoms with Gasteiger partial charge in [-0.2, -0.15) is 4.98 Å². The maximum absolute atomic E-state index is 5.16. The Morgan fingerprint density at radius 1 is 1.20 bits per heavy atom. The Labute approximate surface area is 120 Å². The lowest BCUT2D eigenvalue weighted by molar-refractivity contribution is 0.396. The molecule has 1 N–H and O–H groups in total. The first-order chi connectivity index (χ1) is 9.67. The fourth-order valence-corrected chi connectivity index (χ4v) is 2.07. The molecule has 0 saturated carbocycles. The van der Waals surface area contributed by atoms with Crippen molar-refractivity contribution in [2.24, 2.45) is 0 Å². The summed E-state index contributed by atoms with van der Waals surface area (Å²) in [5, 5.41) is 3.40. The Hall–Kier alpha value is -2.10. The third kappa shape index (κ3) is 4.23. The van der Waals surface area contributed by atoms with Gasteiger partial charge in [-0.15, -0.1) is 0 Å². The van der Waals surface area contributed by atoms with Gasteiger partial charge in [-0.3, -0.25) is 0 Å². The SMILES string of the molecule is COc1cc(NC(C)CCc2ccccc2)nc(C)n1. The monoisotopic (exact) mass is 271 g/mol. The molecule has 106 valence electrons. The van der Waals surface area contributed by atoms with Crippen LogP contribution in [0.3, 0.4) is 0 Å². The number of anilines is 1. The molecule has 1 atom stereocenters. The molecule has 0 amide bonds. The largest absolute Gasteiger partial charge is 0.481 e. The zero-order valence-corrected chi connectivity index (χ0v) is 12.3. The third-order valence-electron chi connectivity index (χ3n) is 3.13. The molecule has 4 nitrogen and oxygen atoms in total. The molecule has 20 heavy (non-hydrogen) atoms. The van der Waals surface area contributed by atoms with Gasteiger partial charge in [-0.05, 0) is 32.3 Å². The van der Waals surface area contributed by atoms with Gasteiger partial charge in [0.25, 0.3) is 0 Å². The van der Waals surface area contributed by atoms with Crippen LogP contribution in [-0.4, -0.2) is 23.1 Å². The molecule has 0 bridgehead atoms. The normalized spacial score (nSPS) is 11.9. The summed E-state index contributed by atoms with van der Waals surface area (Å²) in [6.07, 6.45) is 2.10. The predicted octanol–water partition coefficient (Wildman–Crippen LogP) is 3.23. The second-order valence-electron chi connectivity index (χ2n) is 4.91. The van der Waals surface area contributed by atoms with Crippen molar-refractivity contribution in [2.75, 3.05) is 12.4 Å². The second-order valence-corrected chi connectivity index (χ2v) is 4.91. The summed E-state index contributed by atoms with van der Waals surface area (Å²) in [6.45, 7) is 4.02. The second kappa shape index (κ2) is 6.89. The highest BCUT2D eigenvalue weighted by atomic mass is 16.5. The van der Waals surface area contributed by atoms with Crippen molar-refractivity contribution in [1.82, 2.24) is 9.97 Å². The minimum absolute atomic E-state index is 0.342. The van der Waals surface area contributed by atoms with E-state index in [4.69, 9.17) is 4.74 Å². The number of nitrogens with zero attached hydrogens (tertiary/aromatic N) is 2. The van der Waals surface area contributed by atoms with E-state index >= 15 is 0 Å². The first-order valence-corrected chi connectivity index (χ1v) is 6.87. The Kier molecular flexibility index (Phi) is 4.93. The molecule has 2 rings (SSSR count). The molecular formula is C16H21N3O. The van der Waals surface area contributed by atoms with Gasteiger partial charge >= 0.3 is 0 Å². The van der Waals surface area contributed by atoms with Crippen molar-refractivity contribution < 1.29 is 4.74 Å². The maximum Gasteiger partial charge on any atom is 0.218 e. The average molecular weight is 271 g/mol. The van der Waals surface area contributed by atoms with E-state index in [2.05, 4.69) is 46.5 Å². The first-order valence-electron chi connectivity index (χ1n) is 6.87. The van der Waals surface area contributed by atoms with Crippen molar-refractivity contribution in [1.29, 1.82) is 0 Å². The standard InChI is InChI=1S/C16H21N3O/c1-12(9-10-14-7-5-4-6-8-14)17-15-11-16(20-3)19-13(2)18-15/h4-8,11-12H,9-10H2,1-3H3,(H,17,18,19). The molecule has 0 radical (unpaired) electrons. The number of aryl methyl sites for hydroxylation is 2. The van der Waals surface area contributed by atoms with E-state index < -0.39 is 0 Å². The fourth-order valence-electron chi connectivity index (χ4n) is 2.07. The van der Waals surface area contributed by atoms with Gasteiger partial charge < -0.3 is 10.1 Å². The van der Waals surface area contributed by atoms with E-state index in [1.807, 2.05) is 19.1 Å². The van der Waals surface area contributed by atoms with Crippen LogP contribution in [0.4, 0.5) is 5.82 Å². The van der Waals surface area contributed by atoms with E-state index in [0.717, 1.165) is 18.7 Å². The zero-order valence-electron chi connectivity index (χ0n) is 12.3. The van der Waals surface area contributed by atoms with Crippen LogP contribution in [0.1, 0.15) is 24.7 Å². The number of hydrogen-bond acceptors (Lipinski definition) is 4. The molecule has 2 aromatic rings. The Bertz CT molecular complexity index is 543. The van der Waals surface area contributed by atoms with Crippen LogP contribution in [0.2, 0.25) is 0 Å². The molecule has 1 heterocycles. The number of nitrogens with one attached hydrogen (secondary N) is 1. The molecule has 0 fully saturated rings. The molecule has 1 aromatic heterocycles. The van der Waals surface area contributed by atoms with Crippen LogP contribution in [-0.2, 0) is 6.42 Å². The number of methoxy groups -OCH3 is 1. The summed E-state index contributed by atoms with van der Waals surface area (Å²) in [5.74, 6) is 2.12. The van der Waals surface area contributed by atoms with E-state index in [1.54, 1.807) is 7.11 Å². The lowest BCUT2D eigenvalue weighted by atomic mass is 10.1. The third-order valence-corrected chi connectivity index (χ3v) is 3.13. The smallest absolute Gasteiger partial charge is 0.218 e. The number of rotatable bonds is 6. The molecule has 0 aliphatic carbocycles. The highest BCUT2D eigenvalue weighted by molar-refractivity contribution is 5.39. The van der Waals surface area contributed by atoms with Crippen LogP contribution in [0.15, 0.2) is 36.4 Å². The zero-order chi connectivity index (χ0) is 14.4. The van der Waals surface area contributed by atoms with E-state index in [-0.39, 0.29) is 0 Å². The predicted molar refractivity (Wildman–Crippen MR) is 81.2 cm³/mol. The Morgan fingerprint density at radius 3 is 2.65 bits per heavy atom. The van der Waals surface area contributed by atoms with Crippen LogP contribution < -0.4 is 10.1 Å². The van der Waals surface area contributed by atoms with E-state index in [9.17, 15) is 0 Å². The highest BCUT2D eigenvalue weighted by Gasteiger charge is 2.06. The summed E-state index contributed by atoms with van der Waals surface area (Å²) in [4.78, 5) is 8.55. The maximum atomic E-state index is 5.16. The summed E-state index contributed by atoms with van der Waals surface area (Å²) >= 11 is 0. The van der Waals surface area contributed by atoms with Gasteiger partial charge in [-0.1, -0.05) is 30.3 Å². The number of hydrogen-bond donors (Lipinski definition) is 1. The molecule has 4 heteroatoms. The van der Waals surface area contributed by atoms with Crippen LogP contribution in [0.5, 0.6) is 5.88 Å². The summed E-state index contributed by atoms with van der Waals surface area (Å²) in [5.41, 5.74) is 1.36. The fraction of sp³-hybridized carbons (Fsp3) is 0.375. The van der Waals surface area contributed by atoms with Crippen molar-refractivity contribution in [3.05, 3.63) is 47.8 Å². The van der Waals surface area contributed by atoms with Crippen molar-refractivity contribution in [3.63, 3.8) is 0 Å². The van der Waals surface area contributed by atoms with Crippen molar-refractivity contribution >= 4 is 5.82 Å². The quantitative estimate of drug-likeness (QED) is 0.876. The van der Waals surface area contributed by atoms with Crippen LogP contribution in [0, 0.1) is 6.92 Å². The van der Waals surface area contributed by atoms with Crippen molar-refractivity contribution in [3.8, 4) is 5.88 Å². The van der Waals surface area contributed by atoms with Crippen molar-refractivity contribution in [2.45, 2.75) is 32.7 Å². The van der Waals surface area contributed by atoms with E-state index in [0.29, 0.717) is 17.7 Å². The van der Waals surface area contributed by atoms with Crippen LogP contribution >= 0.6 is 0 Å². The highest BCUT2D eigenvalue weighted by Crippen LogP contribution is 2.15. The first kappa shape index (κ1) is 14.3. The van der Waals surface area contributed by atoms with E-state index in [1.165, 1.54) is 5.56 Å². The average Bonchev–Trinajstić information content (AvgIpc) is 2.45. The van der Waals surface area contributed by atoms with Crippen LogP contribution in [0.25, 0.3) is 0 Å². The summed E-state index contributed by atoms with van der Waals surface area (Å²) in [6, 6.07) is 12.7. The van der Waals surface area contributed by atoms with Gasteiger partial charge in [0.15, 0.2) is 0 Å². The van der Waals surface area contributed by atoms with Gasteiger partial charge in [0.2, 0.25) is 5.88 Å². The topological polar surface area (TPSA) is 47.0 Å². The molecule has 0 spiro atoms. The minimum Gasteiger partial charge on any atom is -0.481 e. The molecule has 0 aliphatic rings. The summed E-state index contributed by atoms with van der Waals surface area (Å²) < 4.78 is 5.16. The van der Waals surface area contributed by atoms with Gasteiger partial charge in [-0.25, -0.2) is 4.98 Å². The molecule has 1 aromatic carbocycles. The van der Waals surface area contributed by atoms with Gasteiger partial charge in [0, 0.05) is 12.1 Å². The molecular weight excluding hydrogens is 250 g/mol. The number of ether oxygens (including phenoxy) is 1. The Balaban J connectivity index is 1.91. The van der Waals surface area contributed by atoms with Gasteiger partial charge in [0.05, 0.1) is 7.11 Å². The molecule has 0 aliphatic heterocycles. The lowest BCUT2D eigenvalue weighted by Gasteiger charge is -2.15. The minimum atomic E-state index is 0.342.